The number of hydrogen-bond donors (Lipinski definition) is 1. The van der Waals surface area contributed by atoms with Gasteiger partial charge in [-0.1, -0.05) is 13.3 Å². The van der Waals surface area contributed by atoms with Crippen molar-refractivity contribution in [3.05, 3.63) is 23.3 Å². The molecule has 1 aliphatic rings. The first-order chi connectivity index (χ1) is 10.1. The molecule has 1 saturated carbocycles. The molecule has 0 bridgehead atoms. The molecule has 0 spiro atoms. The summed E-state index contributed by atoms with van der Waals surface area (Å²) in [6.07, 6.45) is 9.23. The average Bonchev–Trinajstić information content (AvgIpc) is 2.97. The Morgan fingerprint density at radius 2 is 2.43 bits per heavy atom. The van der Waals surface area contributed by atoms with E-state index in [1.807, 2.05) is 16.0 Å². The van der Waals surface area contributed by atoms with Gasteiger partial charge in [-0.05, 0) is 31.3 Å². The zero-order valence-electron chi connectivity index (χ0n) is 11.9. The van der Waals surface area contributed by atoms with E-state index < -0.39 is 5.97 Å². The fourth-order valence-electron chi connectivity index (χ4n) is 2.82. The summed E-state index contributed by atoms with van der Waals surface area (Å²) in [5.74, 6) is 0.237. The molecule has 2 aromatic heterocycles. The summed E-state index contributed by atoms with van der Waals surface area (Å²) in [6, 6.07) is 0. The van der Waals surface area contributed by atoms with Crippen molar-refractivity contribution in [3.63, 3.8) is 0 Å². The molecule has 5 nitrogen and oxygen atoms in total. The molecular formula is C15H18N2O3S. The van der Waals surface area contributed by atoms with Crippen molar-refractivity contribution in [3.8, 4) is 5.88 Å². The van der Waals surface area contributed by atoms with Gasteiger partial charge < -0.3 is 9.84 Å². The predicted molar refractivity (Wildman–Crippen MR) is 81.8 cm³/mol. The van der Waals surface area contributed by atoms with Gasteiger partial charge >= 0.3 is 5.97 Å². The second-order valence-electron chi connectivity index (χ2n) is 5.54. The summed E-state index contributed by atoms with van der Waals surface area (Å²) >= 11 is 1.51. The van der Waals surface area contributed by atoms with Crippen LogP contribution in [-0.2, 0) is 4.79 Å². The first-order valence-corrected chi connectivity index (χ1v) is 8.04. The Labute approximate surface area is 126 Å². The smallest absolute Gasteiger partial charge is 0.328 e. The van der Waals surface area contributed by atoms with E-state index in [0.717, 1.165) is 23.9 Å². The van der Waals surface area contributed by atoms with Crippen molar-refractivity contribution in [1.29, 1.82) is 0 Å². The lowest BCUT2D eigenvalue weighted by Crippen LogP contribution is -2.24. The number of rotatable bonds is 4. The Morgan fingerprint density at radius 3 is 3.19 bits per heavy atom. The van der Waals surface area contributed by atoms with E-state index in [1.54, 1.807) is 6.08 Å². The fourth-order valence-corrected chi connectivity index (χ4v) is 3.53. The van der Waals surface area contributed by atoms with Gasteiger partial charge in [0.05, 0.1) is 0 Å². The van der Waals surface area contributed by atoms with Crippen LogP contribution in [0.4, 0.5) is 0 Å². The van der Waals surface area contributed by atoms with Gasteiger partial charge in [0.15, 0.2) is 4.96 Å². The number of imidazole rings is 1. The zero-order chi connectivity index (χ0) is 14.8. The number of aromatic nitrogens is 2. The summed E-state index contributed by atoms with van der Waals surface area (Å²) < 4.78 is 7.93. The Kier molecular flexibility index (Phi) is 3.96. The van der Waals surface area contributed by atoms with E-state index >= 15 is 0 Å². The molecule has 0 aromatic carbocycles. The molecule has 0 amide bonds. The van der Waals surface area contributed by atoms with Gasteiger partial charge in [-0.15, -0.1) is 11.3 Å². The lowest BCUT2D eigenvalue weighted by atomic mass is 9.89. The molecule has 2 atom stereocenters. The maximum atomic E-state index is 10.8. The largest absolute Gasteiger partial charge is 0.478 e. The SMILES string of the molecule is CC1CCCC(Oc2nc3sccn3c2/C=C/C(=O)O)C1. The van der Waals surface area contributed by atoms with Gasteiger partial charge in [0.1, 0.15) is 11.8 Å². The van der Waals surface area contributed by atoms with Crippen LogP contribution < -0.4 is 4.74 Å². The lowest BCUT2D eigenvalue weighted by Gasteiger charge is -2.26. The summed E-state index contributed by atoms with van der Waals surface area (Å²) in [6.45, 7) is 2.24. The van der Waals surface area contributed by atoms with Crippen molar-refractivity contribution in [1.82, 2.24) is 9.38 Å². The van der Waals surface area contributed by atoms with Gasteiger partial charge in [-0.25, -0.2) is 4.79 Å². The first-order valence-electron chi connectivity index (χ1n) is 7.16. The third-order valence-corrected chi connectivity index (χ3v) is 4.57. The van der Waals surface area contributed by atoms with Crippen LogP contribution in [0.1, 0.15) is 38.3 Å². The quantitative estimate of drug-likeness (QED) is 0.879. The van der Waals surface area contributed by atoms with Crippen LogP contribution in [0, 0.1) is 5.92 Å². The molecule has 2 aromatic rings. The Bertz CT molecular complexity index is 674. The predicted octanol–water partition coefficient (Wildman–Crippen LogP) is 3.45. The van der Waals surface area contributed by atoms with Crippen molar-refractivity contribution in [2.24, 2.45) is 5.92 Å². The molecule has 6 heteroatoms. The van der Waals surface area contributed by atoms with Gasteiger partial charge in [0.25, 0.3) is 0 Å². The maximum absolute atomic E-state index is 10.8. The van der Waals surface area contributed by atoms with Crippen molar-refractivity contribution >= 4 is 28.3 Å². The highest BCUT2D eigenvalue weighted by Gasteiger charge is 2.23. The van der Waals surface area contributed by atoms with Crippen molar-refractivity contribution in [2.45, 2.75) is 38.7 Å². The van der Waals surface area contributed by atoms with Gasteiger partial charge in [0.2, 0.25) is 5.88 Å². The van der Waals surface area contributed by atoms with Gasteiger partial charge in [-0.3, -0.25) is 4.40 Å². The lowest BCUT2D eigenvalue weighted by molar-refractivity contribution is -0.131. The maximum Gasteiger partial charge on any atom is 0.328 e. The third-order valence-electron chi connectivity index (χ3n) is 3.82. The Hall–Kier alpha value is -1.82. The molecule has 1 aliphatic carbocycles. The monoisotopic (exact) mass is 306 g/mol. The second-order valence-corrected chi connectivity index (χ2v) is 6.41. The molecule has 2 heterocycles. The van der Waals surface area contributed by atoms with E-state index in [1.165, 1.54) is 24.2 Å². The molecule has 112 valence electrons. The molecule has 2 unspecified atom stereocenters. The van der Waals surface area contributed by atoms with Crippen LogP contribution >= 0.6 is 11.3 Å². The summed E-state index contributed by atoms with van der Waals surface area (Å²) in [7, 11) is 0. The minimum atomic E-state index is -0.975. The number of aliphatic carboxylic acids is 1. The fraction of sp³-hybridized carbons (Fsp3) is 0.467. The van der Waals surface area contributed by atoms with Gasteiger partial charge in [0, 0.05) is 17.7 Å². The van der Waals surface area contributed by atoms with E-state index in [9.17, 15) is 4.79 Å². The zero-order valence-corrected chi connectivity index (χ0v) is 12.7. The number of fused-ring (bicyclic) bond motifs is 1. The van der Waals surface area contributed by atoms with Crippen LogP contribution in [0.15, 0.2) is 17.7 Å². The number of nitrogens with zero attached hydrogens (tertiary/aromatic N) is 2. The van der Waals surface area contributed by atoms with Crippen LogP contribution in [0.5, 0.6) is 5.88 Å². The minimum absolute atomic E-state index is 0.176. The molecule has 0 radical (unpaired) electrons. The molecule has 1 N–H and O–H groups in total. The molecule has 3 rings (SSSR count). The Balaban J connectivity index is 1.88. The normalized spacial score (nSPS) is 22.9. The van der Waals surface area contributed by atoms with E-state index in [0.29, 0.717) is 17.5 Å². The summed E-state index contributed by atoms with van der Waals surface area (Å²) in [5, 5.41) is 10.8. The van der Waals surface area contributed by atoms with Gasteiger partial charge in [-0.2, -0.15) is 4.98 Å². The van der Waals surface area contributed by atoms with E-state index in [-0.39, 0.29) is 6.10 Å². The molecule has 0 aliphatic heterocycles. The molecule has 0 saturated heterocycles. The average molecular weight is 306 g/mol. The van der Waals surface area contributed by atoms with Crippen molar-refractivity contribution in [2.75, 3.05) is 0 Å². The van der Waals surface area contributed by atoms with Crippen LogP contribution in [0.25, 0.3) is 11.0 Å². The van der Waals surface area contributed by atoms with E-state index in [4.69, 9.17) is 9.84 Å². The topological polar surface area (TPSA) is 63.8 Å². The number of thiazole rings is 1. The number of hydrogen-bond acceptors (Lipinski definition) is 4. The van der Waals surface area contributed by atoms with Crippen LogP contribution in [0.2, 0.25) is 0 Å². The number of carboxylic acid groups (broad SMARTS) is 1. The number of carbonyl (C=O) groups is 1. The number of carboxylic acids is 1. The second kappa shape index (κ2) is 5.89. The van der Waals surface area contributed by atoms with Crippen LogP contribution in [0.3, 0.4) is 0 Å². The van der Waals surface area contributed by atoms with Crippen LogP contribution in [-0.4, -0.2) is 26.6 Å². The highest BCUT2D eigenvalue weighted by Crippen LogP contribution is 2.30. The molecule has 1 fully saturated rings. The molecular weight excluding hydrogens is 288 g/mol. The molecule has 21 heavy (non-hydrogen) atoms. The first kappa shape index (κ1) is 14.1. The highest BCUT2D eigenvalue weighted by molar-refractivity contribution is 7.15. The number of ether oxygens (including phenoxy) is 1. The van der Waals surface area contributed by atoms with E-state index in [2.05, 4.69) is 11.9 Å². The Morgan fingerprint density at radius 1 is 1.57 bits per heavy atom. The standard InChI is InChI=1S/C15H18N2O3S/c1-10-3-2-4-11(9-10)20-14-12(5-6-13(18)19)17-7-8-21-15(17)16-14/h5-8,10-11H,2-4,9H2,1H3,(H,18,19)/b6-5+. The van der Waals surface area contributed by atoms with Crippen molar-refractivity contribution < 1.29 is 14.6 Å². The summed E-state index contributed by atoms with van der Waals surface area (Å²) in [4.78, 5) is 16.1. The minimum Gasteiger partial charge on any atom is -0.478 e. The third kappa shape index (κ3) is 3.10. The highest BCUT2D eigenvalue weighted by atomic mass is 32.1. The summed E-state index contributed by atoms with van der Waals surface area (Å²) in [5.41, 5.74) is 0.701.